The normalized spacial score (nSPS) is 10.3. The Balaban J connectivity index is 1.45. The fourth-order valence-electron chi connectivity index (χ4n) is 1.92. The van der Waals surface area contributed by atoms with Gasteiger partial charge in [-0.05, 0) is 12.1 Å². The van der Waals surface area contributed by atoms with Gasteiger partial charge in [-0.2, -0.15) is 0 Å². The Bertz CT molecular complexity index is 849. The number of nitrogens with zero attached hydrogens (tertiary/aromatic N) is 3. The summed E-state index contributed by atoms with van der Waals surface area (Å²) in [5.74, 6) is -0.224. The molecule has 0 atom stereocenters. The van der Waals surface area contributed by atoms with E-state index in [2.05, 4.69) is 25.3 Å². The quantitative estimate of drug-likeness (QED) is 0.541. The molecular formula is C15H13N5O4. The van der Waals surface area contributed by atoms with Crippen LogP contribution < -0.4 is 5.32 Å². The SMILES string of the molecule is O=C(Nc1ncnc2nc[nH]c12)OCCOC(=O)c1ccccc1. The fraction of sp³-hybridized carbons (Fsp3) is 0.133. The summed E-state index contributed by atoms with van der Waals surface area (Å²) in [4.78, 5) is 38.1. The van der Waals surface area contributed by atoms with Gasteiger partial charge >= 0.3 is 12.1 Å². The van der Waals surface area contributed by atoms with Crippen LogP contribution in [0.15, 0.2) is 43.0 Å². The maximum absolute atomic E-state index is 11.7. The van der Waals surface area contributed by atoms with E-state index in [9.17, 15) is 9.59 Å². The zero-order valence-corrected chi connectivity index (χ0v) is 12.4. The number of benzene rings is 1. The fourth-order valence-corrected chi connectivity index (χ4v) is 1.92. The molecule has 122 valence electrons. The van der Waals surface area contributed by atoms with Crippen molar-refractivity contribution in [2.45, 2.75) is 0 Å². The zero-order valence-electron chi connectivity index (χ0n) is 12.4. The van der Waals surface area contributed by atoms with Gasteiger partial charge in [0.2, 0.25) is 0 Å². The number of amides is 1. The van der Waals surface area contributed by atoms with Gasteiger partial charge in [-0.3, -0.25) is 5.32 Å². The van der Waals surface area contributed by atoms with Crippen LogP contribution >= 0.6 is 0 Å². The molecule has 0 radical (unpaired) electrons. The Morgan fingerprint density at radius 1 is 1.04 bits per heavy atom. The topological polar surface area (TPSA) is 119 Å². The molecule has 3 aromatic rings. The van der Waals surface area contributed by atoms with Crippen molar-refractivity contribution < 1.29 is 19.1 Å². The number of rotatable bonds is 5. The highest BCUT2D eigenvalue weighted by molar-refractivity contribution is 5.93. The maximum Gasteiger partial charge on any atom is 0.412 e. The van der Waals surface area contributed by atoms with E-state index in [1.807, 2.05) is 0 Å². The third-order valence-electron chi connectivity index (χ3n) is 3.00. The summed E-state index contributed by atoms with van der Waals surface area (Å²) in [6.07, 6.45) is 2.00. The maximum atomic E-state index is 11.7. The molecule has 0 aliphatic carbocycles. The van der Waals surface area contributed by atoms with Gasteiger partial charge in [0.1, 0.15) is 25.1 Å². The van der Waals surface area contributed by atoms with Gasteiger partial charge in [-0.1, -0.05) is 18.2 Å². The van der Waals surface area contributed by atoms with Crippen molar-refractivity contribution in [2.24, 2.45) is 0 Å². The van der Waals surface area contributed by atoms with Crippen molar-refractivity contribution in [3.63, 3.8) is 0 Å². The third-order valence-corrected chi connectivity index (χ3v) is 3.00. The minimum atomic E-state index is -0.722. The number of aromatic nitrogens is 4. The minimum Gasteiger partial charge on any atom is -0.458 e. The van der Waals surface area contributed by atoms with Gasteiger partial charge in [-0.25, -0.2) is 24.5 Å². The average Bonchev–Trinajstić information content (AvgIpc) is 3.09. The van der Waals surface area contributed by atoms with Gasteiger partial charge in [0.05, 0.1) is 11.9 Å². The molecule has 2 aromatic heterocycles. The van der Waals surface area contributed by atoms with Crippen molar-refractivity contribution in [1.29, 1.82) is 0 Å². The molecule has 9 heteroatoms. The monoisotopic (exact) mass is 327 g/mol. The molecule has 1 amide bonds. The lowest BCUT2D eigenvalue weighted by atomic mass is 10.2. The van der Waals surface area contributed by atoms with Gasteiger partial charge in [0.25, 0.3) is 0 Å². The number of imidazole rings is 1. The Morgan fingerprint density at radius 3 is 2.67 bits per heavy atom. The van der Waals surface area contributed by atoms with Gasteiger partial charge in [0.15, 0.2) is 11.5 Å². The predicted octanol–water partition coefficient (Wildman–Crippen LogP) is 1.76. The second-order valence-corrected chi connectivity index (χ2v) is 4.59. The second kappa shape index (κ2) is 7.18. The highest BCUT2D eigenvalue weighted by atomic mass is 16.6. The molecule has 2 N–H and O–H groups in total. The molecule has 2 heterocycles. The van der Waals surface area contributed by atoms with Crippen LogP contribution in [0.1, 0.15) is 10.4 Å². The summed E-state index contributed by atoms with van der Waals surface area (Å²) < 4.78 is 9.94. The highest BCUT2D eigenvalue weighted by Crippen LogP contribution is 2.14. The van der Waals surface area contributed by atoms with Crippen LogP contribution in [0.3, 0.4) is 0 Å². The van der Waals surface area contributed by atoms with Gasteiger partial charge < -0.3 is 14.5 Å². The molecule has 0 saturated heterocycles. The van der Waals surface area contributed by atoms with E-state index in [0.29, 0.717) is 16.7 Å². The number of H-pyrrole nitrogens is 1. The largest absolute Gasteiger partial charge is 0.458 e. The summed E-state index contributed by atoms with van der Waals surface area (Å²) >= 11 is 0. The molecule has 1 aromatic carbocycles. The second-order valence-electron chi connectivity index (χ2n) is 4.59. The number of carbonyl (C=O) groups excluding carboxylic acids is 2. The smallest absolute Gasteiger partial charge is 0.412 e. The Labute approximate surface area is 136 Å². The number of esters is 1. The number of anilines is 1. The van der Waals surface area contributed by atoms with Crippen molar-refractivity contribution in [3.05, 3.63) is 48.5 Å². The van der Waals surface area contributed by atoms with E-state index in [-0.39, 0.29) is 19.0 Å². The Kier molecular flexibility index (Phi) is 4.61. The van der Waals surface area contributed by atoms with E-state index in [1.54, 1.807) is 30.3 Å². The summed E-state index contributed by atoms with van der Waals surface area (Å²) in [7, 11) is 0. The molecule has 0 unspecified atom stereocenters. The molecule has 9 nitrogen and oxygen atoms in total. The van der Waals surface area contributed by atoms with E-state index >= 15 is 0 Å². The lowest BCUT2D eigenvalue weighted by Crippen LogP contribution is -2.19. The number of fused-ring (bicyclic) bond motifs is 1. The molecule has 24 heavy (non-hydrogen) atoms. The summed E-state index contributed by atoms with van der Waals surface area (Å²) in [5.41, 5.74) is 1.35. The van der Waals surface area contributed by atoms with Gasteiger partial charge in [0, 0.05) is 0 Å². The van der Waals surface area contributed by atoms with Crippen molar-refractivity contribution in [2.75, 3.05) is 18.5 Å². The van der Waals surface area contributed by atoms with Crippen molar-refractivity contribution in [3.8, 4) is 0 Å². The zero-order chi connectivity index (χ0) is 16.8. The van der Waals surface area contributed by atoms with Crippen LogP contribution in [0.4, 0.5) is 10.6 Å². The summed E-state index contributed by atoms with van der Waals surface area (Å²) in [6.45, 7) is -0.133. The molecular weight excluding hydrogens is 314 g/mol. The van der Waals surface area contributed by atoms with E-state index < -0.39 is 12.1 Å². The molecule has 0 bridgehead atoms. The minimum absolute atomic E-state index is 0.0512. The van der Waals surface area contributed by atoms with E-state index in [4.69, 9.17) is 9.47 Å². The lowest BCUT2D eigenvalue weighted by molar-refractivity contribution is 0.0412. The van der Waals surface area contributed by atoms with Crippen LogP contribution in [0, 0.1) is 0 Å². The number of nitrogens with one attached hydrogen (secondary N) is 2. The van der Waals surface area contributed by atoms with Crippen molar-refractivity contribution >= 4 is 29.0 Å². The number of hydrogen-bond donors (Lipinski definition) is 2. The third kappa shape index (κ3) is 3.64. The summed E-state index contributed by atoms with van der Waals surface area (Å²) in [5, 5.41) is 2.47. The van der Waals surface area contributed by atoms with Crippen LogP contribution in [0.25, 0.3) is 11.2 Å². The van der Waals surface area contributed by atoms with E-state index in [0.717, 1.165) is 0 Å². The molecule has 3 rings (SSSR count). The lowest BCUT2D eigenvalue weighted by Gasteiger charge is -2.07. The first-order valence-electron chi connectivity index (χ1n) is 7.04. The van der Waals surface area contributed by atoms with Crippen LogP contribution in [0.2, 0.25) is 0 Å². The number of hydrogen-bond acceptors (Lipinski definition) is 7. The van der Waals surface area contributed by atoms with Gasteiger partial charge in [-0.15, -0.1) is 0 Å². The van der Waals surface area contributed by atoms with Crippen LogP contribution in [0.5, 0.6) is 0 Å². The molecule has 0 saturated carbocycles. The molecule has 0 aliphatic rings. The first-order valence-corrected chi connectivity index (χ1v) is 7.04. The molecule has 0 spiro atoms. The number of ether oxygens (including phenoxy) is 2. The first-order chi connectivity index (χ1) is 11.7. The summed E-state index contributed by atoms with van der Waals surface area (Å²) in [6, 6.07) is 8.55. The standard InChI is InChI=1S/C15H13N5O4/c21-14(10-4-2-1-3-5-10)23-6-7-24-15(22)20-13-11-12(17-8-16-11)18-9-19-13/h1-5,8-9H,6-7H2,(H2,16,17,18,19,20,22). The number of aromatic amines is 1. The van der Waals surface area contributed by atoms with Crippen LogP contribution in [-0.2, 0) is 9.47 Å². The average molecular weight is 327 g/mol. The van der Waals surface area contributed by atoms with Crippen LogP contribution in [-0.4, -0.2) is 45.2 Å². The number of carbonyl (C=O) groups is 2. The molecule has 0 fully saturated rings. The highest BCUT2D eigenvalue weighted by Gasteiger charge is 2.11. The van der Waals surface area contributed by atoms with Crippen molar-refractivity contribution in [1.82, 2.24) is 19.9 Å². The predicted molar refractivity (Wildman–Crippen MR) is 83.4 cm³/mol. The Morgan fingerprint density at radius 2 is 1.83 bits per heavy atom. The first kappa shape index (κ1) is 15.4. The Hall–Kier alpha value is -3.49. The van der Waals surface area contributed by atoms with E-state index in [1.165, 1.54) is 12.7 Å². The molecule has 0 aliphatic heterocycles.